The van der Waals surface area contributed by atoms with Crippen molar-refractivity contribution in [1.82, 2.24) is 10.2 Å². The molecule has 86 valence electrons. The summed E-state index contributed by atoms with van der Waals surface area (Å²) < 4.78 is 13.7. The normalized spacial score (nSPS) is 12.3. The van der Waals surface area contributed by atoms with Crippen LogP contribution in [0.15, 0.2) is 6.07 Å². The lowest BCUT2D eigenvalue weighted by Crippen LogP contribution is -2.14. The predicted molar refractivity (Wildman–Crippen MR) is 63.9 cm³/mol. The zero-order chi connectivity index (χ0) is 12.1. The molecule has 0 amide bonds. The van der Waals surface area contributed by atoms with Gasteiger partial charge < -0.3 is 5.73 Å². The van der Waals surface area contributed by atoms with Crippen molar-refractivity contribution in [3.63, 3.8) is 0 Å². The van der Waals surface area contributed by atoms with Gasteiger partial charge in [0.05, 0.1) is 5.39 Å². The van der Waals surface area contributed by atoms with Crippen LogP contribution in [-0.4, -0.2) is 10.2 Å². The maximum absolute atomic E-state index is 13.7. The molecule has 1 heterocycles. The summed E-state index contributed by atoms with van der Waals surface area (Å²) in [5, 5.41) is 7.24. The van der Waals surface area contributed by atoms with Crippen LogP contribution in [0, 0.1) is 12.7 Å². The Morgan fingerprint density at radius 3 is 2.56 bits per heavy atom. The average Bonchev–Trinajstić information content (AvgIpc) is 2.46. The molecule has 1 aromatic heterocycles. The molecule has 0 unspecified atom stereocenters. The Labute approximate surface area is 93.8 Å². The van der Waals surface area contributed by atoms with Crippen molar-refractivity contribution in [2.75, 3.05) is 5.73 Å². The molecule has 0 atom stereocenters. The van der Waals surface area contributed by atoms with Gasteiger partial charge in [-0.1, -0.05) is 20.8 Å². The minimum Gasteiger partial charge on any atom is -0.382 e. The number of fused-ring (bicyclic) bond motifs is 1. The number of benzene rings is 1. The maximum atomic E-state index is 13.7. The van der Waals surface area contributed by atoms with Gasteiger partial charge in [0, 0.05) is 0 Å². The van der Waals surface area contributed by atoms with E-state index < -0.39 is 0 Å². The van der Waals surface area contributed by atoms with Gasteiger partial charge in [0.2, 0.25) is 0 Å². The van der Waals surface area contributed by atoms with Gasteiger partial charge >= 0.3 is 0 Å². The molecule has 2 aromatic rings. The minimum absolute atomic E-state index is 0.0893. The number of halogens is 1. The van der Waals surface area contributed by atoms with Crippen molar-refractivity contribution in [2.24, 2.45) is 0 Å². The molecule has 0 saturated heterocycles. The van der Waals surface area contributed by atoms with E-state index in [1.165, 1.54) is 6.07 Å². The summed E-state index contributed by atoms with van der Waals surface area (Å²) in [6, 6.07) is 1.53. The van der Waals surface area contributed by atoms with E-state index in [-0.39, 0.29) is 11.2 Å². The molecule has 0 aliphatic rings. The van der Waals surface area contributed by atoms with Crippen LogP contribution < -0.4 is 5.73 Å². The minimum atomic E-state index is -0.301. The van der Waals surface area contributed by atoms with E-state index in [1.807, 2.05) is 6.92 Å². The van der Waals surface area contributed by atoms with Crippen LogP contribution in [0.5, 0.6) is 0 Å². The quantitative estimate of drug-likeness (QED) is 0.718. The first kappa shape index (κ1) is 10.9. The highest BCUT2D eigenvalue weighted by molar-refractivity contribution is 5.93. The Morgan fingerprint density at radius 1 is 1.38 bits per heavy atom. The summed E-state index contributed by atoms with van der Waals surface area (Å²) >= 11 is 0. The van der Waals surface area contributed by atoms with Crippen molar-refractivity contribution >= 4 is 16.7 Å². The van der Waals surface area contributed by atoms with Gasteiger partial charge in [0.25, 0.3) is 0 Å². The second kappa shape index (κ2) is 3.20. The van der Waals surface area contributed by atoms with Crippen LogP contribution in [-0.2, 0) is 5.41 Å². The molecular formula is C12H16FN3. The van der Waals surface area contributed by atoms with Gasteiger partial charge in [-0.2, -0.15) is 5.10 Å². The first-order valence-corrected chi connectivity index (χ1v) is 5.25. The van der Waals surface area contributed by atoms with E-state index in [1.54, 1.807) is 0 Å². The van der Waals surface area contributed by atoms with Gasteiger partial charge in [-0.05, 0) is 29.5 Å². The molecule has 4 heteroatoms. The van der Waals surface area contributed by atoms with Gasteiger partial charge in [-0.25, -0.2) is 4.39 Å². The first-order valence-electron chi connectivity index (χ1n) is 5.25. The lowest BCUT2D eigenvalue weighted by molar-refractivity contribution is 0.587. The fraction of sp³-hybridized carbons (Fsp3) is 0.417. The monoisotopic (exact) mass is 221 g/mol. The Bertz CT molecular complexity index is 549. The van der Waals surface area contributed by atoms with E-state index in [2.05, 4.69) is 31.0 Å². The number of anilines is 1. The van der Waals surface area contributed by atoms with Crippen LogP contribution in [0.1, 0.15) is 31.9 Å². The molecule has 3 N–H and O–H groups in total. The summed E-state index contributed by atoms with van der Waals surface area (Å²) in [7, 11) is 0. The number of hydrogen-bond acceptors (Lipinski definition) is 2. The molecule has 2 rings (SSSR count). The van der Waals surface area contributed by atoms with Gasteiger partial charge in [-0.15, -0.1) is 0 Å². The van der Waals surface area contributed by atoms with E-state index in [4.69, 9.17) is 5.73 Å². The topological polar surface area (TPSA) is 54.7 Å². The van der Waals surface area contributed by atoms with E-state index in [9.17, 15) is 4.39 Å². The number of rotatable bonds is 0. The number of aromatic amines is 1. The molecule has 0 aliphatic carbocycles. The zero-order valence-electron chi connectivity index (χ0n) is 9.98. The SMILES string of the molecule is Cc1cc(F)c2[nH]nc(N)c2c1C(C)(C)C. The lowest BCUT2D eigenvalue weighted by atomic mass is 9.82. The summed E-state index contributed by atoms with van der Waals surface area (Å²) in [6.45, 7) is 8.15. The Kier molecular flexibility index (Phi) is 2.19. The highest BCUT2D eigenvalue weighted by Gasteiger charge is 2.24. The number of aryl methyl sites for hydroxylation is 1. The number of nitrogens with zero attached hydrogens (tertiary/aromatic N) is 1. The average molecular weight is 221 g/mol. The number of nitrogen functional groups attached to an aromatic ring is 1. The van der Waals surface area contributed by atoms with E-state index >= 15 is 0 Å². The molecule has 0 radical (unpaired) electrons. The van der Waals surface area contributed by atoms with Gasteiger partial charge in [0.15, 0.2) is 5.82 Å². The number of H-pyrrole nitrogens is 1. The Balaban J connectivity index is 2.96. The smallest absolute Gasteiger partial charge is 0.153 e. The second-order valence-electron chi connectivity index (χ2n) is 5.16. The van der Waals surface area contributed by atoms with Crippen LogP contribution in [0.25, 0.3) is 10.9 Å². The van der Waals surface area contributed by atoms with Crippen molar-refractivity contribution < 1.29 is 4.39 Å². The van der Waals surface area contributed by atoms with Crippen molar-refractivity contribution in [2.45, 2.75) is 33.1 Å². The van der Waals surface area contributed by atoms with Crippen LogP contribution >= 0.6 is 0 Å². The number of hydrogen-bond donors (Lipinski definition) is 2. The third kappa shape index (κ3) is 1.45. The summed E-state index contributed by atoms with van der Waals surface area (Å²) in [5.41, 5.74) is 8.07. The van der Waals surface area contributed by atoms with Crippen LogP contribution in [0.2, 0.25) is 0 Å². The summed E-state index contributed by atoms with van der Waals surface area (Å²) in [6.07, 6.45) is 0. The maximum Gasteiger partial charge on any atom is 0.153 e. The molecule has 0 saturated carbocycles. The zero-order valence-corrected chi connectivity index (χ0v) is 9.98. The third-order valence-corrected chi connectivity index (χ3v) is 2.77. The summed E-state index contributed by atoms with van der Waals surface area (Å²) in [4.78, 5) is 0. The van der Waals surface area contributed by atoms with Crippen molar-refractivity contribution in [3.05, 3.63) is 23.0 Å². The second-order valence-corrected chi connectivity index (χ2v) is 5.16. The van der Waals surface area contributed by atoms with Crippen molar-refractivity contribution in [1.29, 1.82) is 0 Å². The van der Waals surface area contributed by atoms with Crippen LogP contribution in [0.4, 0.5) is 10.2 Å². The van der Waals surface area contributed by atoms with Crippen LogP contribution in [0.3, 0.4) is 0 Å². The highest BCUT2D eigenvalue weighted by Crippen LogP contribution is 2.36. The fourth-order valence-corrected chi connectivity index (χ4v) is 2.28. The van der Waals surface area contributed by atoms with Gasteiger partial charge in [-0.3, -0.25) is 5.10 Å². The molecule has 0 fully saturated rings. The van der Waals surface area contributed by atoms with Gasteiger partial charge in [0.1, 0.15) is 11.3 Å². The standard InChI is InChI=1S/C12H16FN3/c1-6-5-7(13)10-8(11(14)16-15-10)9(6)12(2,3)4/h5H,1-4H3,(H3,14,15,16). The molecule has 1 aromatic carbocycles. The Hall–Kier alpha value is -1.58. The van der Waals surface area contributed by atoms with E-state index in [0.29, 0.717) is 16.7 Å². The molecule has 16 heavy (non-hydrogen) atoms. The molecular weight excluding hydrogens is 205 g/mol. The molecule has 0 aliphatic heterocycles. The largest absolute Gasteiger partial charge is 0.382 e. The number of nitrogens with two attached hydrogens (primary N) is 1. The third-order valence-electron chi connectivity index (χ3n) is 2.77. The number of nitrogens with one attached hydrogen (secondary N) is 1. The first-order chi connectivity index (χ1) is 7.32. The molecule has 3 nitrogen and oxygen atoms in total. The Morgan fingerprint density at radius 2 is 2.00 bits per heavy atom. The lowest BCUT2D eigenvalue weighted by Gasteiger charge is -2.23. The molecule has 0 bridgehead atoms. The highest BCUT2D eigenvalue weighted by atomic mass is 19.1. The number of aromatic nitrogens is 2. The molecule has 0 spiro atoms. The fourth-order valence-electron chi connectivity index (χ4n) is 2.28. The van der Waals surface area contributed by atoms with E-state index in [0.717, 1.165) is 11.1 Å². The van der Waals surface area contributed by atoms with Crippen molar-refractivity contribution in [3.8, 4) is 0 Å². The predicted octanol–water partition coefficient (Wildman–Crippen LogP) is 2.89. The summed E-state index contributed by atoms with van der Waals surface area (Å²) in [5.74, 6) is 0.0622.